The lowest BCUT2D eigenvalue weighted by Crippen LogP contribution is -2.60. The predicted octanol–water partition coefficient (Wildman–Crippen LogP) is -0.190. The van der Waals surface area contributed by atoms with Gasteiger partial charge in [-0.1, -0.05) is 6.92 Å². The summed E-state index contributed by atoms with van der Waals surface area (Å²) in [5.41, 5.74) is 0.273. The Morgan fingerprint density at radius 2 is 2.05 bits per heavy atom. The number of hydrogen-bond donors (Lipinski definition) is 0. The SMILES string of the molecule is CCCN1CCN(C(=O)c2cnccn2)[C@@H]2CS(=O)(=O)C[C@@H]21. The summed E-state index contributed by atoms with van der Waals surface area (Å²) in [6.45, 7) is 4.18. The van der Waals surface area contributed by atoms with Crippen LogP contribution in [0.3, 0.4) is 0 Å². The van der Waals surface area contributed by atoms with Crippen LogP contribution in [-0.4, -0.2) is 77.3 Å². The first kappa shape index (κ1) is 15.4. The van der Waals surface area contributed by atoms with Crippen molar-refractivity contribution in [3.8, 4) is 0 Å². The largest absolute Gasteiger partial charge is 0.330 e. The Hall–Kier alpha value is -1.54. The number of carbonyl (C=O) groups excluding carboxylic acids is 1. The van der Waals surface area contributed by atoms with Crippen LogP contribution in [0.5, 0.6) is 0 Å². The number of aromatic nitrogens is 2. The highest BCUT2D eigenvalue weighted by Crippen LogP contribution is 2.28. The Labute approximate surface area is 130 Å². The van der Waals surface area contributed by atoms with Crippen molar-refractivity contribution in [3.63, 3.8) is 0 Å². The van der Waals surface area contributed by atoms with E-state index in [-0.39, 0.29) is 35.2 Å². The molecular formula is C14H20N4O3S. The number of carbonyl (C=O) groups is 1. The smallest absolute Gasteiger partial charge is 0.274 e. The van der Waals surface area contributed by atoms with Gasteiger partial charge in [-0.25, -0.2) is 13.4 Å². The lowest BCUT2D eigenvalue weighted by molar-refractivity contribution is 0.0328. The summed E-state index contributed by atoms with van der Waals surface area (Å²) in [6.07, 6.45) is 5.39. The van der Waals surface area contributed by atoms with E-state index in [1.54, 1.807) is 4.90 Å². The van der Waals surface area contributed by atoms with Gasteiger partial charge in [-0.2, -0.15) is 0 Å². The van der Waals surface area contributed by atoms with Crippen LogP contribution in [0.15, 0.2) is 18.6 Å². The molecule has 0 N–H and O–H groups in total. The van der Waals surface area contributed by atoms with E-state index in [2.05, 4.69) is 21.8 Å². The van der Waals surface area contributed by atoms with E-state index in [0.717, 1.165) is 13.0 Å². The molecule has 0 aromatic carbocycles. The molecule has 2 atom stereocenters. The number of rotatable bonds is 3. The minimum absolute atomic E-state index is 0.0455. The molecule has 8 heteroatoms. The number of nitrogens with zero attached hydrogens (tertiary/aromatic N) is 4. The molecule has 2 saturated heterocycles. The fraction of sp³-hybridized carbons (Fsp3) is 0.643. The highest BCUT2D eigenvalue weighted by Gasteiger charge is 2.47. The Balaban J connectivity index is 1.86. The Morgan fingerprint density at radius 1 is 1.27 bits per heavy atom. The summed E-state index contributed by atoms with van der Waals surface area (Å²) >= 11 is 0. The van der Waals surface area contributed by atoms with Gasteiger partial charge in [0.2, 0.25) is 0 Å². The van der Waals surface area contributed by atoms with Crippen LogP contribution in [0.2, 0.25) is 0 Å². The fourth-order valence-corrected chi connectivity index (χ4v) is 5.41. The average Bonchev–Trinajstić information content (AvgIpc) is 2.83. The minimum Gasteiger partial charge on any atom is -0.330 e. The van der Waals surface area contributed by atoms with Crippen molar-refractivity contribution in [3.05, 3.63) is 24.3 Å². The lowest BCUT2D eigenvalue weighted by Gasteiger charge is -2.43. The third kappa shape index (κ3) is 2.85. The van der Waals surface area contributed by atoms with E-state index < -0.39 is 9.84 Å². The van der Waals surface area contributed by atoms with E-state index in [1.165, 1.54) is 18.6 Å². The molecule has 3 rings (SSSR count). The zero-order chi connectivity index (χ0) is 15.7. The third-order valence-corrected chi connectivity index (χ3v) is 6.04. The van der Waals surface area contributed by atoms with Gasteiger partial charge in [0, 0.05) is 31.5 Å². The second-order valence-corrected chi connectivity index (χ2v) is 7.99. The van der Waals surface area contributed by atoms with Crippen molar-refractivity contribution in [2.75, 3.05) is 31.1 Å². The van der Waals surface area contributed by atoms with Gasteiger partial charge in [0.1, 0.15) is 5.69 Å². The van der Waals surface area contributed by atoms with Crippen LogP contribution in [-0.2, 0) is 9.84 Å². The van der Waals surface area contributed by atoms with Crippen molar-refractivity contribution in [1.82, 2.24) is 19.8 Å². The van der Waals surface area contributed by atoms with E-state index in [1.807, 2.05) is 0 Å². The molecule has 0 radical (unpaired) electrons. The molecule has 7 nitrogen and oxygen atoms in total. The molecule has 0 bridgehead atoms. The van der Waals surface area contributed by atoms with Gasteiger partial charge in [-0.05, 0) is 13.0 Å². The van der Waals surface area contributed by atoms with Crippen LogP contribution in [0.4, 0.5) is 0 Å². The summed E-state index contributed by atoms with van der Waals surface area (Å²) in [6, 6.07) is -0.376. The first-order chi connectivity index (χ1) is 10.5. The van der Waals surface area contributed by atoms with Crippen LogP contribution in [0.1, 0.15) is 23.8 Å². The molecule has 120 valence electrons. The normalized spacial score (nSPS) is 27.6. The predicted molar refractivity (Wildman–Crippen MR) is 81.2 cm³/mol. The first-order valence-corrected chi connectivity index (χ1v) is 9.35. The molecule has 2 aliphatic rings. The zero-order valence-corrected chi connectivity index (χ0v) is 13.4. The monoisotopic (exact) mass is 324 g/mol. The molecule has 2 aliphatic heterocycles. The third-order valence-electron chi connectivity index (χ3n) is 4.34. The van der Waals surface area contributed by atoms with Gasteiger partial charge in [0.15, 0.2) is 9.84 Å². The Bertz CT molecular complexity index is 649. The maximum Gasteiger partial charge on any atom is 0.274 e. The van der Waals surface area contributed by atoms with E-state index in [0.29, 0.717) is 13.1 Å². The molecule has 0 saturated carbocycles. The second kappa shape index (κ2) is 5.92. The Kier molecular flexibility index (Phi) is 4.14. The topological polar surface area (TPSA) is 83.5 Å². The van der Waals surface area contributed by atoms with Crippen LogP contribution in [0, 0.1) is 0 Å². The van der Waals surface area contributed by atoms with Gasteiger partial charge < -0.3 is 4.90 Å². The zero-order valence-electron chi connectivity index (χ0n) is 12.6. The first-order valence-electron chi connectivity index (χ1n) is 7.53. The van der Waals surface area contributed by atoms with Gasteiger partial charge in [-0.15, -0.1) is 0 Å². The highest BCUT2D eigenvalue weighted by molar-refractivity contribution is 7.91. The number of hydrogen-bond acceptors (Lipinski definition) is 6. The van der Waals surface area contributed by atoms with Crippen LogP contribution in [0.25, 0.3) is 0 Å². The summed E-state index contributed by atoms with van der Waals surface area (Å²) in [7, 11) is -3.10. The van der Waals surface area contributed by atoms with E-state index >= 15 is 0 Å². The molecule has 22 heavy (non-hydrogen) atoms. The fourth-order valence-electron chi connectivity index (χ4n) is 3.40. The standard InChI is InChI=1S/C14H20N4O3S/c1-2-5-17-6-7-18(13-10-22(20,21)9-12(13)17)14(19)11-8-15-3-4-16-11/h3-4,8,12-13H,2,5-7,9-10H2,1H3/t12-,13+/m0/s1. The highest BCUT2D eigenvalue weighted by atomic mass is 32.2. The maximum absolute atomic E-state index is 12.6. The maximum atomic E-state index is 12.6. The van der Waals surface area contributed by atoms with Crippen molar-refractivity contribution in [1.29, 1.82) is 0 Å². The number of sulfone groups is 1. The number of amides is 1. The quantitative estimate of drug-likeness (QED) is 0.766. The lowest BCUT2D eigenvalue weighted by atomic mass is 10.0. The Morgan fingerprint density at radius 3 is 2.73 bits per heavy atom. The molecule has 0 aliphatic carbocycles. The molecule has 2 fully saturated rings. The summed E-state index contributed by atoms with van der Waals surface area (Å²) in [4.78, 5) is 24.5. The van der Waals surface area contributed by atoms with Gasteiger partial charge >= 0.3 is 0 Å². The molecule has 1 aromatic heterocycles. The van der Waals surface area contributed by atoms with Crippen molar-refractivity contribution in [2.45, 2.75) is 25.4 Å². The number of fused-ring (bicyclic) bond motifs is 1. The van der Waals surface area contributed by atoms with Gasteiger partial charge in [-0.3, -0.25) is 14.7 Å². The van der Waals surface area contributed by atoms with E-state index in [4.69, 9.17) is 0 Å². The summed E-state index contributed by atoms with van der Waals surface area (Å²) in [5, 5.41) is 0. The number of piperazine rings is 1. The van der Waals surface area contributed by atoms with Crippen LogP contribution >= 0.6 is 0 Å². The molecule has 1 aromatic rings. The van der Waals surface area contributed by atoms with E-state index in [9.17, 15) is 13.2 Å². The molecule has 3 heterocycles. The molecule has 1 amide bonds. The van der Waals surface area contributed by atoms with Crippen LogP contribution < -0.4 is 0 Å². The minimum atomic E-state index is -3.10. The molecule has 0 unspecified atom stereocenters. The summed E-state index contributed by atoms with van der Waals surface area (Å²) in [5.74, 6) is -0.0393. The van der Waals surface area contributed by atoms with Crippen molar-refractivity contribution < 1.29 is 13.2 Å². The van der Waals surface area contributed by atoms with Crippen molar-refractivity contribution >= 4 is 15.7 Å². The average molecular weight is 324 g/mol. The van der Waals surface area contributed by atoms with Gasteiger partial charge in [0.05, 0.1) is 23.7 Å². The molecular weight excluding hydrogens is 304 g/mol. The van der Waals surface area contributed by atoms with Crippen molar-refractivity contribution in [2.24, 2.45) is 0 Å². The van der Waals surface area contributed by atoms with Gasteiger partial charge in [0.25, 0.3) is 5.91 Å². The second-order valence-electron chi connectivity index (χ2n) is 5.84. The summed E-state index contributed by atoms with van der Waals surface area (Å²) < 4.78 is 24.1. The molecule has 0 spiro atoms.